The number of nitrogens with one attached hydrogen (secondary N) is 1. The quantitative estimate of drug-likeness (QED) is 0.537. The van der Waals surface area contributed by atoms with Gasteiger partial charge in [0.2, 0.25) is 0 Å². The average Bonchev–Trinajstić information content (AvgIpc) is 2.34. The molecule has 0 radical (unpaired) electrons. The van der Waals surface area contributed by atoms with Gasteiger partial charge in [0, 0.05) is 35.4 Å². The van der Waals surface area contributed by atoms with Crippen LogP contribution in [0.3, 0.4) is 0 Å². The van der Waals surface area contributed by atoms with E-state index in [0.717, 1.165) is 6.20 Å². The van der Waals surface area contributed by atoms with Crippen LogP contribution in [0.5, 0.6) is 0 Å². The molecule has 0 fully saturated rings. The summed E-state index contributed by atoms with van der Waals surface area (Å²) in [5, 5.41) is 0. The van der Waals surface area contributed by atoms with Gasteiger partial charge in [-0.3, -0.25) is 15.8 Å². The highest BCUT2D eigenvalue weighted by Crippen LogP contribution is 2.26. The Morgan fingerprint density at radius 1 is 1.12 bits per heavy atom. The van der Waals surface area contributed by atoms with Crippen molar-refractivity contribution in [2.24, 2.45) is 5.84 Å². The van der Waals surface area contributed by atoms with Crippen LogP contribution in [0.15, 0.2) is 36.9 Å². The second-order valence-electron chi connectivity index (χ2n) is 3.50. The van der Waals surface area contributed by atoms with Gasteiger partial charge in [0.15, 0.2) is 0 Å². The predicted molar refractivity (Wildman–Crippen MR) is 62.0 cm³/mol. The van der Waals surface area contributed by atoms with Crippen LogP contribution in [-0.2, 0) is 0 Å². The third kappa shape index (κ3) is 2.22. The lowest BCUT2D eigenvalue weighted by atomic mass is 10.0. The summed E-state index contributed by atoms with van der Waals surface area (Å²) in [5.41, 5.74) is 9.84. The molecule has 5 nitrogen and oxygen atoms in total. The third-order valence-corrected chi connectivity index (χ3v) is 2.48. The number of rotatable bonds is 3. The number of halogens is 1. The van der Waals surface area contributed by atoms with E-state index < -0.39 is 11.9 Å². The van der Waals surface area contributed by atoms with Gasteiger partial charge in [-0.15, -0.1) is 0 Å². The van der Waals surface area contributed by atoms with Crippen molar-refractivity contribution in [1.29, 1.82) is 0 Å². The summed E-state index contributed by atoms with van der Waals surface area (Å²) in [6.07, 6.45) is 5.75. The second kappa shape index (κ2) is 4.86. The maximum Gasteiger partial charge on any atom is 0.146 e. The molecule has 0 saturated heterocycles. The normalized spacial score (nSPS) is 12.4. The molecule has 88 valence electrons. The molecule has 0 spiro atoms. The lowest BCUT2D eigenvalue weighted by molar-refractivity contribution is 0.555. The maximum absolute atomic E-state index is 13.6. The minimum absolute atomic E-state index is 0.377. The fraction of sp³-hybridized carbons (Fsp3) is 0.0909. The van der Waals surface area contributed by atoms with Gasteiger partial charge in [-0.25, -0.2) is 9.82 Å². The van der Waals surface area contributed by atoms with Gasteiger partial charge in [0.1, 0.15) is 5.82 Å². The van der Waals surface area contributed by atoms with Crippen LogP contribution in [0, 0.1) is 5.82 Å². The van der Waals surface area contributed by atoms with Crippen LogP contribution in [0.2, 0.25) is 0 Å². The first-order valence-corrected chi connectivity index (χ1v) is 4.99. The fourth-order valence-corrected chi connectivity index (χ4v) is 1.63. The molecule has 0 aliphatic heterocycles. The molecule has 2 aromatic heterocycles. The topological polar surface area (TPSA) is 89.8 Å². The van der Waals surface area contributed by atoms with Crippen LogP contribution in [0.4, 0.5) is 10.1 Å². The van der Waals surface area contributed by atoms with Crippen molar-refractivity contribution in [2.45, 2.75) is 6.04 Å². The van der Waals surface area contributed by atoms with E-state index >= 15 is 0 Å². The zero-order chi connectivity index (χ0) is 12.3. The maximum atomic E-state index is 13.6. The molecule has 2 rings (SSSR count). The SMILES string of the molecule is NNC(c1cnccc1N)c1ccncc1F. The van der Waals surface area contributed by atoms with E-state index in [1.165, 1.54) is 6.20 Å². The molecular formula is C11H12FN5. The largest absolute Gasteiger partial charge is 0.398 e. The molecule has 1 atom stereocenters. The van der Waals surface area contributed by atoms with Crippen molar-refractivity contribution in [3.8, 4) is 0 Å². The summed E-state index contributed by atoms with van der Waals surface area (Å²) in [4.78, 5) is 7.64. The molecule has 0 amide bonds. The third-order valence-electron chi connectivity index (χ3n) is 2.48. The summed E-state index contributed by atoms with van der Waals surface area (Å²) in [6, 6.07) is 2.64. The zero-order valence-electron chi connectivity index (χ0n) is 8.97. The van der Waals surface area contributed by atoms with Gasteiger partial charge in [0.05, 0.1) is 12.2 Å². The Morgan fingerprint density at radius 2 is 1.82 bits per heavy atom. The molecule has 0 bridgehead atoms. The van der Waals surface area contributed by atoms with Crippen LogP contribution < -0.4 is 17.0 Å². The molecule has 6 heteroatoms. The Hall–Kier alpha value is -2.05. The van der Waals surface area contributed by atoms with E-state index in [1.807, 2.05) is 0 Å². The van der Waals surface area contributed by atoms with Crippen molar-refractivity contribution >= 4 is 5.69 Å². The van der Waals surface area contributed by atoms with E-state index in [1.54, 1.807) is 24.5 Å². The van der Waals surface area contributed by atoms with Crippen molar-refractivity contribution in [3.05, 3.63) is 53.9 Å². The van der Waals surface area contributed by atoms with Crippen LogP contribution in [-0.4, -0.2) is 9.97 Å². The smallest absolute Gasteiger partial charge is 0.146 e. The Balaban J connectivity index is 2.48. The molecule has 1 unspecified atom stereocenters. The van der Waals surface area contributed by atoms with E-state index in [2.05, 4.69) is 15.4 Å². The fourth-order valence-electron chi connectivity index (χ4n) is 1.63. The van der Waals surface area contributed by atoms with Crippen molar-refractivity contribution in [1.82, 2.24) is 15.4 Å². The van der Waals surface area contributed by atoms with Gasteiger partial charge >= 0.3 is 0 Å². The summed E-state index contributed by atoms with van der Waals surface area (Å²) in [5.74, 6) is 5.01. The number of hydrogen-bond donors (Lipinski definition) is 3. The predicted octanol–water partition coefficient (Wildman–Crippen LogP) is 0.751. The van der Waals surface area contributed by atoms with Crippen LogP contribution in [0.1, 0.15) is 17.2 Å². The first kappa shape index (κ1) is 11.4. The van der Waals surface area contributed by atoms with E-state index in [9.17, 15) is 4.39 Å². The molecular weight excluding hydrogens is 221 g/mol. The number of nitrogens with zero attached hydrogens (tertiary/aromatic N) is 2. The average molecular weight is 233 g/mol. The Bertz CT molecular complexity index is 471. The van der Waals surface area contributed by atoms with Crippen molar-refractivity contribution in [3.63, 3.8) is 0 Å². The first-order chi connectivity index (χ1) is 8.24. The highest BCUT2D eigenvalue weighted by Gasteiger charge is 2.18. The first-order valence-electron chi connectivity index (χ1n) is 4.99. The zero-order valence-corrected chi connectivity index (χ0v) is 8.97. The van der Waals surface area contributed by atoms with Crippen LogP contribution in [0.25, 0.3) is 0 Å². The van der Waals surface area contributed by atoms with Crippen molar-refractivity contribution in [2.75, 3.05) is 5.73 Å². The van der Waals surface area contributed by atoms with E-state index in [0.29, 0.717) is 16.8 Å². The minimum Gasteiger partial charge on any atom is -0.398 e. The van der Waals surface area contributed by atoms with Gasteiger partial charge in [-0.05, 0) is 12.1 Å². The summed E-state index contributed by atoms with van der Waals surface area (Å²) in [6.45, 7) is 0. The standard InChI is InChI=1S/C11H12FN5/c12-9-6-16-3-1-7(9)11(17-14)8-5-15-4-2-10(8)13/h1-6,11,17H,14H2,(H2,13,15). The number of nitrogen functional groups attached to an aromatic ring is 1. The molecule has 2 heterocycles. The number of anilines is 1. The Kier molecular flexibility index (Phi) is 3.27. The minimum atomic E-state index is -0.549. The number of hydrazine groups is 1. The number of aromatic nitrogens is 2. The summed E-state index contributed by atoms with van der Waals surface area (Å²) < 4.78 is 13.6. The second-order valence-corrected chi connectivity index (χ2v) is 3.50. The van der Waals surface area contributed by atoms with Crippen molar-refractivity contribution < 1.29 is 4.39 Å². The molecule has 5 N–H and O–H groups in total. The number of hydrogen-bond acceptors (Lipinski definition) is 5. The molecule has 0 aliphatic carbocycles. The Labute approximate surface area is 97.7 Å². The highest BCUT2D eigenvalue weighted by molar-refractivity contribution is 5.49. The lowest BCUT2D eigenvalue weighted by Gasteiger charge is -2.18. The molecule has 0 saturated carbocycles. The summed E-state index contributed by atoms with van der Waals surface area (Å²) >= 11 is 0. The summed E-state index contributed by atoms with van der Waals surface area (Å²) in [7, 11) is 0. The highest BCUT2D eigenvalue weighted by atomic mass is 19.1. The molecule has 0 aromatic carbocycles. The van der Waals surface area contributed by atoms with E-state index in [-0.39, 0.29) is 0 Å². The monoisotopic (exact) mass is 233 g/mol. The van der Waals surface area contributed by atoms with E-state index in [4.69, 9.17) is 11.6 Å². The number of pyridine rings is 2. The van der Waals surface area contributed by atoms with Gasteiger partial charge in [0.25, 0.3) is 0 Å². The molecule has 2 aromatic rings. The number of nitrogens with two attached hydrogens (primary N) is 2. The molecule has 17 heavy (non-hydrogen) atoms. The van der Waals surface area contributed by atoms with Gasteiger partial charge in [-0.2, -0.15) is 0 Å². The lowest BCUT2D eigenvalue weighted by Crippen LogP contribution is -2.30. The van der Waals surface area contributed by atoms with Crippen LogP contribution >= 0.6 is 0 Å². The Morgan fingerprint density at radius 3 is 2.47 bits per heavy atom. The van der Waals surface area contributed by atoms with Gasteiger partial charge in [-0.1, -0.05) is 0 Å². The molecule has 0 aliphatic rings. The van der Waals surface area contributed by atoms with Gasteiger partial charge < -0.3 is 5.73 Å².